The second-order valence-corrected chi connectivity index (χ2v) is 5.81. The molecular weight excluding hydrogens is 288 g/mol. The third-order valence-corrected chi connectivity index (χ3v) is 3.59. The first kappa shape index (κ1) is 16.9. The first-order valence-corrected chi connectivity index (χ1v) is 7.93. The minimum absolute atomic E-state index is 0.00747. The van der Waals surface area contributed by atoms with Crippen molar-refractivity contribution in [1.82, 2.24) is 0 Å². The molecule has 0 fully saturated rings. The summed E-state index contributed by atoms with van der Waals surface area (Å²) >= 11 is 0. The van der Waals surface area contributed by atoms with Crippen molar-refractivity contribution in [2.24, 2.45) is 0 Å². The van der Waals surface area contributed by atoms with Crippen LogP contribution in [0.2, 0.25) is 0 Å². The smallest absolute Gasteiger partial charge is 0.224 e. The van der Waals surface area contributed by atoms with Crippen molar-refractivity contribution >= 4 is 17.3 Å². The number of ether oxygens (including phenoxy) is 1. The van der Waals surface area contributed by atoms with Gasteiger partial charge in [0.2, 0.25) is 5.91 Å². The Hall–Kier alpha value is -2.49. The molecule has 0 saturated carbocycles. The summed E-state index contributed by atoms with van der Waals surface area (Å²) in [6.07, 6.45) is 1.06. The zero-order valence-electron chi connectivity index (χ0n) is 13.7. The van der Waals surface area contributed by atoms with E-state index >= 15 is 0 Å². The lowest BCUT2D eigenvalue weighted by molar-refractivity contribution is -0.116. The number of hydrogen-bond donors (Lipinski definition) is 2. The van der Waals surface area contributed by atoms with E-state index in [0.717, 1.165) is 5.69 Å². The summed E-state index contributed by atoms with van der Waals surface area (Å²) in [4.78, 5) is 11.9. The molecule has 0 atom stereocenters. The third-order valence-electron chi connectivity index (χ3n) is 3.59. The number of carbonyl (C=O) groups is 1. The van der Waals surface area contributed by atoms with Crippen LogP contribution in [0.1, 0.15) is 38.2 Å². The summed E-state index contributed by atoms with van der Waals surface area (Å²) in [7, 11) is 0. The van der Waals surface area contributed by atoms with Crippen LogP contribution in [-0.4, -0.2) is 12.5 Å². The number of para-hydroxylation sites is 2. The zero-order chi connectivity index (χ0) is 16.7. The Morgan fingerprint density at radius 3 is 2.48 bits per heavy atom. The largest absolute Gasteiger partial charge is 0.491 e. The van der Waals surface area contributed by atoms with E-state index in [1.807, 2.05) is 42.5 Å². The molecule has 0 unspecified atom stereocenters. The molecule has 0 aliphatic carbocycles. The number of nitrogens with one attached hydrogen (secondary N) is 1. The van der Waals surface area contributed by atoms with Gasteiger partial charge in [0.15, 0.2) is 0 Å². The standard InChI is InChI=1S/C19H24N2O2/c1-14(2)15-9-11-16(12-10-15)21-19(22)8-5-13-23-18-7-4-3-6-17(18)20/h3-4,6-7,9-12,14H,5,8,13,20H2,1-2H3,(H,21,22). The van der Waals surface area contributed by atoms with Crippen molar-refractivity contribution < 1.29 is 9.53 Å². The van der Waals surface area contributed by atoms with Crippen LogP contribution >= 0.6 is 0 Å². The molecule has 2 aromatic carbocycles. The lowest BCUT2D eigenvalue weighted by Crippen LogP contribution is -2.13. The van der Waals surface area contributed by atoms with Crippen LogP contribution < -0.4 is 15.8 Å². The molecule has 0 bridgehead atoms. The van der Waals surface area contributed by atoms with E-state index in [-0.39, 0.29) is 5.91 Å². The lowest BCUT2D eigenvalue weighted by Gasteiger charge is -2.10. The van der Waals surface area contributed by atoms with Gasteiger partial charge in [0.05, 0.1) is 12.3 Å². The maximum absolute atomic E-state index is 11.9. The summed E-state index contributed by atoms with van der Waals surface area (Å²) < 4.78 is 5.57. The van der Waals surface area contributed by atoms with Gasteiger partial charge in [-0.05, 0) is 42.2 Å². The van der Waals surface area contributed by atoms with Gasteiger partial charge in [0.25, 0.3) is 0 Å². The monoisotopic (exact) mass is 312 g/mol. The van der Waals surface area contributed by atoms with Gasteiger partial charge in [0, 0.05) is 12.1 Å². The molecule has 3 N–H and O–H groups in total. The Labute approximate surface area is 137 Å². The van der Waals surface area contributed by atoms with E-state index in [4.69, 9.17) is 10.5 Å². The van der Waals surface area contributed by atoms with Crippen LogP contribution in [0.5, 0.6) is 5.75 Å². The Balaban J connectivity index is 1.72. The molecule has 1 amide bonds. The number of nitrogen functional groups attached to an aromatic ring is 1. The maximum Gasteiger partial charge on any atom is 0.224 e. The van der Waals surface area contributed by atoms with Crippen LogP contribution in [-0.2, 0) is 4.79 Å². The molecule has 0 spiro atoms. The summed E-state index contributed by atoms with van der Waals surface area (Å²) in [5.74, 6) is 1.14. The third kappa shape index (κ3) is 5.33. The van der Waals surface area contributed by atoms with Crippen LogP contribution in [0.4, 0.5) is 11.4 Å². The molecule has 4 nitrogen and oxygen atoms in total. The summed E-state index contributed by atoms with van der Waals surface area (Å²) in [5, 5.41) is 2.90. The molecule has 2 rings (SSSR count). The van der Waals surface area contributed by atoms with E-state index in [1.165, 1.54) is 5.56 Å². The summed E-state index contributed by atoms with van der Waals surface area (Å²) in [6.45, 7) is 4.76. The predicted molar refractivity (Wildman–Crippen MR) is 94.7 cm³/mol. The van der Waals surface area contributed by atoms with Crippen molar-refractivity contribution in [3.8, 4) is 5.75 Å². The fourth-order valence-corrected chi connectivity index (χ4v) is 2.20. The zero-order valence-corrected chi connectivity index (χ0v) is 13.7. The molecule has 0 aliphatic heterocycles. The minimum atomic E-state index is -0.00747. The summed E-state index contributed by atoms with van der Waals surface area (Å²) in [5.41, 5.74) is 8.49. The van der Waals surface area contributed by atoms with Crippen molar-refractivity contribution in [2.45, 2.75) is 32.6 Å². The Bertz CT molecular complexity index is 636. The Morgan fingerprint density at radius 1 is 1.13 bits per heavy atom. The van der Waals surface area contributed by atoms with E-state index in [1.54, 1.807) is 6.07 Å². The fraction of sp³-hybridized carbons (Fsp3) is 0.316. The summed E-state index contributed by atoms with van der Waals surface area (Å²) in [6, 6.07) is 15.3. The molecule has 0 saturated heterocycles. The number of anilines is 2. The second kappa shape index (κ2) is 8.22. The number of carbonyl (C=O) groups excluding carboxylic acids is 1. The van der Waals surface area contributed by atoms with Gasteiger partial charge in [-0.1, -0.05) is 38.1 Å². The highest BCUT2D eigenvalue weighted by Crippen LogP contribution is 2.20. The molecule has 0 heterocycles. The molecule has 4 heteroatoms. The number of rotatable bonds is 7. The van der Waals surface area contributed by atoms with Crippen molar-refractivity contribution in [2.75, 3.05) is 17.7 Å². The SMILES string of the molecule is CC(C)c1ccc(NC(=O)CCCOc2ccccc2N)cc1. The Morgan fingerprint density at radius 2 is 1.83 bits per heavy atom. The van der Waals surface area contributed by atoms with Gasteiger partial charge >= 0.3 is 0 Å². The molecule has 23 heavy (non-hydrogen) atoms. The fourth-order valence-electron chi connectivity index (χ4n) is 2.20. The number of nitrogens with two attached hydrogens (primary N) is 1. The van der Waals surface area contributed by atoms with E-state index < -0.39 is 0 Å². The van der Waals surface area contributed by atoms with E-state index in [9.17, 15) is 4.79 Å². The molecule has 0 radical (unpaired) electrons. The first-order valence-electron chi connectivity index (χ1n) is 7.93. The normalized spacial score (nSPS) is 10.6. The number of hydrogen-bond acceptors (Lipinski definition) is 3. The van der Waals surface area contributed by atoms with Crippen LogP contribution in [0, 0.1) is 0 Å². The second-order valence-electron chi connectivity index (χ2n) is 5.81. The predicted octanol–water partition coefficient (Wildman–Crippen LogP) is 4.19. The highest BCUT2D eigenvalue weighted by molar-refractivity contribution is 5.90. The molecule has 122 valence electrons. The topological polar surface area (TPSA) is 64.3 Å². The van der Waals surface area contributed by atoms with Gasteiger partial charge < -0.3 is 15.8 Å². The first-order chi connectivity index (χ1) is 11.1. The highest BCUT2D eigenvalue weighted by Gasteiger charge is 2.05. The van der Waals surface area contributed by atoms with Crippen molar-refractivity contribution in [1.29, 1.82) is 0 Å². The van der Waals surface area contributed by atoms with Crippen molar-refractivity contribution in [3.05, 3.63) is 54.1 Å². The van der Waals surface area contributed by atoms with Gasteiger partial charge in [-0.25, -0.2) is 0 Å². The lowest BCUT2D eigenvalue weighted by atomic mass is 10.0. The molecular formula is C19H24N2O2. The molecule has 0 aromatic heterocycles. The van der Waals surface area contributed by atoms with E-state index in [2.05, 4.69) is 19.2 Å². The van der Waals surface area contributed by atoms with Gasteiger partial charge in [-0.15, -0.1) is 0 Å². The maximum atomic E-state index is 11.9. The van der Waals surface area contributed by atoms with Gasteiger partial charge in [-0.2, -0.15) is 0 Å². The molecule has 2 aromatic rings. The minimum Gasteiger partial charge on any atom is -0.491 e. The highest BCUT2D eigenvalue weighted by atomic mass is 16.5. The average Bonchev–Trinajstić information content (AvgIpc) is 2.53. The Kier molecular flexibility index (Phi) is 6.03. The molecule has 0 aliphatic rings. The van der Waals surface area contributed by atoms with E-state index in [0.29, 0.717) is 36.8 Å². The average molecular weight is 312 g/mol. The number of benzene rings is 2. The van der Waals surface area contributed by atoms with Crippen LogP contribution in [0.3, 0.4) is 0 Å². The van der Waals surface area contributed by atoms with Crippen molar-refractivity contribution in [3.63, 3.8) is 0 Å². The van der Waals surface area contributed by atoms with Crippen LogP contribution in [0.15, 0.2) is 48.5 Å². The quantitative estimate of drug-likeness (QED) is 0.595. The van der Waals surface area contributed by atoms with Crippen LogP contribution in [0.25, 0.3) is 0 Å². The van der Waals surface area contributed by atoms with Gasteiger partial charge in [0.1, 0.15) is 5.75 Å². The number of amides is 1. The van der Waals surface area contributed by atoms with Gasteiger partial charge in [-0.3, -0.25) is 4.79 Å².